The van der Waals surface area contributed by atoms with Crippen molar-refractivity contribution in [3.05, 3.63) is 180 Å². The fourth-order valence-corrected chi connectivity index (χ4v) is 6.98. The van der Waals surface area contributed by atoms with Gasteiger partial charge in [0.1, 0.15) is 0 Å². The first kappa shape index (κ1) is 38.2. The minimum Gasteiger partial charge on any atom is -0.657 e. The van der Waals surface area contributed by atoms with Crippen LogP contribution in [0.2, 0.25) is 0 Å². The zero-order valence-corrected chi connectivity index (χ0v) is 32.7. The molecule has 8 bridgehead atoms. The van der Waals surface area contributed by atoms with Crippen molar-refractivity contribution in [3.63, 3.8) is 0 Å². The Morgan fingerprint density at radius 2 is 0.696 bits per heavy atom. The summed E-state index contributed by atoms with van der Waals surface area (Å²) in [6.45, 7) is 2.85. The number of benzene rings is 4. The topological polar surface area (TPSA) is 91.3 Å². The summed E-state index contributed by atoms with van der Waals surface area (Å²) in [4.78, 5) is 31.3. The van der Waals surface area contributed by atoms with Gasteiger partial charge < -0.3 is 15.1 Å². The van der Waals surface area contributed by atoms with Crippen molar-refractivity contribution < 1.29 is 48.1 Å². The van der Waals surface area contributed by atoms with E-state index in [-0.39, 0.29) is 49.7 Å². The molecule has 0 saturated heterocycles. The number of aromatic nitrogens is 4. The van der Waals surface area contributed by atoms with E-state index in [1.165, 1.54) is 19.9 Å². The maximum atomic E-state index is 10.0. The number of hydrogen-bond donors (Lipinski definition) is 1. The Labute approximate surface area is 356 Å². The van der Waals surface area contributed by atoms with Crippen LogP contribution >= 0.6 is 0 Å². The van der Waals surface area contributed by atoms with Crippen molar-refractivity contribution in [2.45, 2.75) is 13.8 Å². The summed E-state index contributed by atoms with van der Waals surface area (Å²) in [6.07, 6.45) is 9.57. The van der Waals surface area contributed by atoms with E-state index < -0.39 is 0 Å². The van der Waals surface area contributed by atoms with E-state index in [9.17, 15) is 4.79 Å². The van der Waals surface area contributed by atoms with Gasteiger partial charge in [0.05, 0.1) is 28.5 Å². The van der Waals surface area contributed by atoms with Crippen molar-refractivity contribution in [2.24, 2.45) is 0 Å². The molecule has 0 unspecified atom stereocenters. The van der Waals surface area contributed by atoms with Gasteiger partial charge in [0.25, 0.3) is 0 Å². The molecule has 56 heavy (non-hydrogen) atoms. The molecule has 2 aliphatic heterocycles. The van der Waals surface area contributed by atoms with Crippen molar-refractivity contribution >= 4 is 52.2 Å². The van der Waals surface area contributed by atoms with Gasteiger partial charge in [0, 0.05) is 44.2 Å². The molecule has 1 N–H and O–H groups in total. The van der Waals surface area contributed by atoms with Crippen LogP contribution in [0.4, 0.5) is 0 Å². The number of aliphatic hydroxyl groups excluding tert-OH is 1. The van der Waals surface area contributed by atoms with Crippen molar-refractivity contribution in [1.82, 2.24) is 19.9 Å². The maximum absolute atomic E-state index is 10.0. The maximum Gasteiger partial charge on any atom is 0.155 e. The molecule has 2 aliphatic rings. The molecule has 5 heterocycles. The van der Waals surface area contributed by atoms with E-state index in [4.69, 9.17) is 25.0 Å². The average Bonchev–Trinajstić information content (AvgIpc) is 4.04. The third-order valence-corrected chi connectivity index (χ3v) is 9.27. The molecule has 0 fully saturated rings. The fraction of sp³-hybridized carbons (Fsp3) is 0.0408. The predicted octanol–water partition coefficient (Wildman–Crippen LogP) is 11.6. The number of fused-ring (bicyclic) bond motifs is 8. The number of nitrogens with zero attached hydrogens (tertiary/aromatic N) is 4. The smallest absolute Gasteiger partial charge is 0.155 e. The monoisotopic (exact) mass is 876 g/mol. The first-order chi connectivity index (χ1) is 26.9. The second-order valence-corrected chi connectivity index (χ2v) is 13.2. The third-order valence-electron chi connectivity index (χ3n) is 9.27. The molecule has 276 valence electrons. The molecule has 6 nitrogen and oxygen atoms in total. The summed E-state index contributed by atoms with van der Waals surface area (Å²) in [5, 5.41) is 8.36. The molecular formula is C49H36DyN4O2-2. The Balaban J connectivity index is 0.000000552. The Morgan fingerprint density at radius 1 is 0.446 bits per heavy atom. The Hall–Kier alpha value is -6.04. The summed E-state index contributed by atoms with van der Waals surface area (Å²) < 4.78 is 0. The van der Waals surface area contributed by atoms with Crippen LogP contribution in [0.3, 0.4) is 0 Å². The molecule has 3 aromatic heterocycles. The van der Waals surface area contributed by atoms with Gasteiger partial charge in [-0.15, -0.1) is 22.1 Å². The summed E-state index contributed by atoms with van der Waals surface area (Å²) >= 11 is 0. The molecule has 0 spiro atoms. The molecule has 4 aromatic carbocycles. The molecular weight excluding hydrogens is 839 g/mol. The number of aliphatic hydroxyl groups is 1. The van der Waals surface area contributed by atoms with Crippen LogP contribution in [0.1, 0.15) is 36.6 Å². The van der Waals surface area contributed by atoms with E-state index in [0.29, 0.717) is 0 Å². The van der Waals surface area contributed by atoms with Gasteiger partial charge in [0.15, 0.2) is 5.78 Å². The van der Waals surface area contributed by atoms with E-state index >= 15 is 0 Å². The van der Waals surface area contributed by atoms with Gasteiger partial charge in [-0.25, -0.2) is 9.97 Å². The summed E-state index contributed by atoms with van der Waals surface area (Å²) in [5.41, 5.74) is 15.0. The summed E-state index contributed by atoms with van der Waals surface area (Å²) in [6, 6.07) is 50.0. The van der Waals surface area contributed by atoms with Crippen LogP contribution in [0.5, 0.6) is 0 Å². The van der Waals surface area contributed by atoms with Crippen molar-refractivity contribution in [1.29, 1.82) is 0 Å². The van der Waals surface area contributed by atoms with E-state index in [1.807, 2.05) is 24.3 Å². The molecule has 0 saturated carbocycles. The second-order valence-electron chi connectivity index (χ2n) is 13.2. The van der Waals surface area contributed by atoms with Gasteiger partial charge >= 0.3 is 0 Å². The SMILES string of the molecule is C1=Cc2nc1c(-c1ccccc1)c1ccc([n-]1)c(-c1ccccc1)c1nc(c(-c3ccccc3)c3ccc([n-]3)c2-c2ccccc2)C=C1.CC(=O)/C=C(/C)O.[Dy]. The van der Waals surface area contributed by atoms with Crippen molar-refractivity contribution in [2.75, 3.05) is 0 Å². The minimum atomic E-state index is -0.125. The molecule has 7 aromatic rings. The fourth-order valence-electron chi connectivity index (χ4n) is 6.98. The number of ketones is 1. The zero-order chi connectivity index (χ0) is 37.7. The van der Waals surface area contributed by atoms with E-state index in [0.717, 1.165) is 89.4 Å². The van der Waals surface area contributed by atoms with Crippen LogP contribution in [0, 0.1) is 38.2 Å². The quantitative estimate of drug-likeness (QED) is 0.137. The van der Waals surface area contributed by atoms with Gasteiger partial charge in [-0.1, -0.05) is 146 Å². The van der Waals surface area contributed by atoms with Crippen LogP contribution in [0.15, 0.2) is 157 Å². The molecule has 0 atom stereocenters. The van der Waals surface area contributed by atoms with Crippen LogP contribution < -0.4 is 9.97 Å². The second kappa shape index (κ2) is 17.2. The van der Waals surface area contributed by atoms with Crippen LogP contribution in [-0.4, -0.2) is 20.9 Å². The first-order valence-electron chi connectivity index (χ1n) is 18.1. The first-order valence-corrected chi connectivity index (χ1v) is 18.1. The average molecular weight is 875 g/mol. The standard InChI is InChI=1S/C44H28N4.C5H8O2.Dy/c1-5-13-29(14-6-1)41-33-21-23-35(45-33)42(30-15-7-2-8-16-30)37-25-27-39(47-37)44(32-19-11-4-12-20-32)40-28-26-38(48-40)43(31-17-9-3-10-18-31)36-24-22-34(41)46-36;1-4(6)3-5(2)7;/h1-28H;3,6H,1-2H3;/q-2;;/b;4-3-;. The van der Waals surface area contributed by atoms with E-state index in [1.54, 1.807) is 0 Å². The summed E-state index contributed by atoms with van der Waals surface area (Å²) in [5.74, 6) is -0.0625. The van der Waals surface area contributed by atoms with Gasteiger partial charge in [-0.3, -0.25) is 4.79 Å². The molecule has 0 amide bonds. The van der Waals surface area contributed by atoms with Crippen molar-refractivity contribution in [3.8, 4) is 44.5 Å². The third kappa shape index (κ3) is 8.14. The Kier molecular flexibility index (Phi) is 11.7. The Bertz CT molecular complexity index is 2430. The molecule has 0 aliphatic carbocycles. The van der Waals surface area contributed by atoms with Gasteiger partial charge in [0.2, 0.25) is 0 Å². The number of carbonyl (C=O) groups excluding carboxylic acids is 1. The molecule has 9 rings (SSSR count). The van der Waals surface area contributed by atoms with E-state index in [2.05, 4.69) is 146 Å². The molecule has 0 radical (unpaired) electrons. The normalized spacial score (nSPS) is 11.7. The van der Waals surface area contributed by atoms with Gasteiger partial charge in [-0.05, 0) is 82.7 Å². The Morgan fingerprint density at radius 3 is 0.893 bits per heavy atom. The number of carbonyl (C=O) groups is 1. The van der Waals surface area contributed by atoms with Gasteiger partial charge in [-0.2, -0.15) is 0 Å². The largest absolute Gasteiger partial charge is 0.657 e. The zero-order valence-electron chi connectivity index (χ0n) is 30.7. The number of rotatable bonds is 5. The number of hydrogen-bond acceptors (Lipinski definition) is 4. The predicted molar refractivity (Wildman–Crippen MR) is 226 cm³/mol. The van der Waals surface area contributed by atoms with Crippen LogP contribution in [0.25, 0.3) is 90.9 Å². The molecule has 7 heteroatoms. The number of allylic oxidation sites excluding steroid dienone is 2. The van der Waals surface area contributed by atoms with Crippen LogP contribution in [-0.2, 0) is 4.79 Å². The minimum absolute atomic E-state index is 0. The summed E-state index contributed by atoms with van der Waals surface area (Å²) in [7, 11) is 0.